The summed E-state index contributed by atoms with van der Waals surface area (Å²) >= 11 is 0. The van der Waals surface area contributed by atoms with Gasteiger partial charge >= 0.3 is 0 Å². The molecule has 33 heavy (non-hydrogen) atoms. The molecule has 2 aromatic carbocycles. The van der Waals surface area contributed by atoms with E-state index in [1.807, 2.05) is 13.8 Å². The van der Waals surface area contributed by atoms with Crippen LogP contribution in [0.15, 0.2) is 47.0 Å². The van der Waals surface area contributed by atoms with Crippen LogP contribution in [-0.4, -0.2) is 43.0 Å². The predicted molar refractivity (Wildman–Crippen MR) is 132 cm³/mol. The van der Waals surface area contributed by atoms with E-state index in [4.69, 9.17) is 14.0 Å². The van der Waals surface area contributed by atoms with Gasteiger partial charge in [0.05, 0.1) is 18.9 Å². The van der Waals surface area contributed by atoms with Gasteiger partial charge in [0.1, 0.15) is 18.1 Å². The van der Waals surface area contributed by atoms with E-state index in [0.717, 1.165) is 61.0 Å². The summed E-state index contributed by atoms with van der Waals surface area (Å²) in [6.45, 7) is 13.4. The van der Waals surface area contributed by atoms with E-state index in [1.54, 1.807) is 0 Å². The first-order chi connectivity index (χ1) is 16.0. The zero-order chi connectivity index (χ0) is 23.2. The van der Waals surface area contributed by atoms with Gasteiger partial charge in [-0.2, -0.15) is 0 Å². The summed E-state index contributed by atoms with van der Waals surface area (Å²) in [6, 6.07) is 15.3. The molecule has 0 atom stereocenters. The largest absolute Gasteiger partial charge is 0.491 e. The van der Waals surface area contributed by atoms with Gasteiger partial charge in [0.25, 0.3) is 0 Å². The molecule has 176 valence electrons. The fraction of sp³-hybridized carbons (Fsp3) is 0.464. The van der Waals surface area contributed by atoms with Crippen LogP contribution in [0.4, 0.5) is 0 Å². The number of hydrogen-bond donors (Lipinski definition) is 0. The fourth-order valence-electron chi connectivity index (χ4n) is 4.44. The van der Waals surface area contributed by atoms with Crippen LogP contribution in [-0.2, 0) is 17.7 Å². The van der Waals surface area contributed by atoms with Gasteiger partial charge in [-0.1, -0.05) is 49.3 Å². The molecule has 4 rings (SSSR count). The number of ether oxygens (including phenoxy) is 2. The molecular weight excluding hydrogens is 412 g/mol. The minimum atomic E-state index is 0.545. The second kappa shape index (κ2) is 11.0. The van der Waals surface area contributed by atoms with Gasteiger partial charge in [-0.05, 0) is 67.1 Å². The van der Waals surface area contributed by atoms with Crippen molar-refractivity contribution in [3.05, 3.63) is 70.6 Å². The highest BCUT2D eigenvalue weighted by Gasteiger charge is 2.15. The van der Waals surface area contributed by atoms with Gasteiger partial charge in [-0.3, -0.25) is 4.90 Å². The number of aryl methyl sites for hydroxylation is 2. The number of fused-ring (bicyclic) bond motifs is 3. The molecule has 1 aliphatic heterocycles. The third kappa shape index (κ3) is 6.24. The van der Waals surface area contributed by atoms with Crippen LogP contribution in [0.25, 0.3) is 11.1 Å². The minimum Gasteiger partial charge on any atom is -0.491 e. The first-order valence-electron chi connectivity index (χ1n) is 12.1. The molecule has 2 heterocycles. The molecule has 0 saturated heterocycles. The number of benzene rings is 2. The Bertz CT molecular complexity index is 1040. The topological polar surface area (TPSA) is 47.7 Å². The number of hydrogen-bond acceptors (Lipinski definition) is 5. The van der Waals surface area contributed by atoms with Crippen LogP contribution in [0, 0.1) is 19.8 Å². The Kier molecular flexibility index (Phi) is 7.84. The van der Waals surface area contributed by atoms with Crippen molar-refractivity contribution < 1.29 is 14.0 Å². The molecule has 5 nitrogen and oxygen atoms in total. The average Bonchev–Trinajstić information content (AvgIpc) is 3.12. The van der Waals surface area contributed by atoms with Gasteiger partial charge in [0, 0.05) is 25.1 Å². The second-order valence-corrected chi connectivity index (χ2v) is 9.44. The number of rotatable bonds is 4. The van der Waals surface area contributed by atoms with E-state index in [2.05, 4.69) is 66.4 Å². The smallest absolute Gasteiger partial charge is 0.141 e. The lowest BCUT2D eigenvalue weighted by Crippen LogP contribution is -2.29. The molecule has 5 heteroatoms. The monoisotopic (exact) mass is 448 g/mol. The summed E-state index contributed by atoms with van der Waals surface area (Å²) in [4.78, 5) is 2.51. The fourth-order valence-corrected chi connectivity index (χ4v) is 4.44. The molecule has 2 bridgehead atoms. The molecule has 0 saturated carbocycles. The Balaban J connectivity index is 1.64. The molecule has 0 aliphatic carbocycles. The van der Waals surface area contributed by atoms with Gasteiger partial charge in [0.15, 0.2) is 0 Å². The van der Waals surface area contributed by atoms with Gasteiger partial charge < -0.3 is 14.0 Å². The van der Waals surface area contributed by atoms with E-state index in [0.29, 0.717) is 19.1 Å². The predicted octanol–water partition coefficient (Wildman–Crippen LogP) is 5.81. The van der Waals surface area contributed by atoms with Crippen LogP contribution in [0.2, 0.25) is 0 Å². The van der Waals surface area contributed by atoms with E-state index < -0.39 is 0 Å². The minimum absolute atomic E-state index is 0.545. The maximum absolute atomic E-state index is 6.17. The van der Waals surface area contributed by atoms with Crippen molar-refractivity contribution in [3.8, 4) is 16.9 Å². The Morgan fingerprint density at radius 2 is 1.85 bits per heavy atom. The van der Waals surface area contributed by atoms with Crippen molar-refractivity contribution in [2.75, 3.05) is 32.9 Å². The Labute approximate surface area is 197 Å². The molecule has 3 aromatic rings. The SMILES string of the molecule is Cc1noc(C)c1-c1ccc2c(c1)Cc1cccc(c1)CN(CCC(C)C)CCOCCO2. The van der Waals surface area contributed by atoms with Gasteiger partial charge in [-0.15, -0.1) is 0 Å². The van der Waals surface area contributed by atoms with Gasteiger partial charge in [-0.25, -0.2) is 0 Å². The lowest BCUT2D eigenvalue weighted by atomic mass is 9.96. The van der Waals surface area contributed by atoms with Gasteiger partial charge in [0.2, 0.25) is 0 Å². The molecule has 0 radical (unpaired) electrons. The zero-order valence-electron chi connectivity index (χ0n) is 20.4. The summed E-state index contributed by atoms with van der Waals surface area (Å²) in [7, 11) is 0. The normalized spacial score (nSPS) is 15.7. The molecular formula is C28H36N2O3. The highest BCUT2D eigenvalue weighted by molar-refractivity contribution is 5.69. The molecule has 1 aliphatic rings. The third-order valence-corrected chi connectivity index (χ3v) is 6.23. The highest BCUT2D eigenvalue weighted by Crippen LogP contribution is 2.32. The van der Waals surface area contributed by atoms with Crippen LogP contribution in [0.1, 0.15) is 48.4 Å². The number of aromatic nitrogens is 1. The van der Waals surface area contributed by atoms with Crippen molar-refractivity contribution >= 4 is 0 Å². The average molecular weight is 449 g/mol. The zero-order valence-corrected chi connectivity index (χ0v) is 20.4. The van der Waals surface area contributed by atoms with Crippen molar-refractivity contribution in [2.24, 2.45) is 5.92 Å². The first-order valence-corrected chi connectivity index (χ1v) is 12.1. The summed E-state index contributed by atoms with van der Waals surface area (Å²) in [5.41, 5.74) is 6.89. The summed E-state index contributed by atoms with van der Waals surface area (Å²) in [5, 5.41) is 4.13. The molecule has 0 unspecified atom stereocenters. The van der Waals surface area contributed by atoms with E-state index >= 15 is 0 Å². The highest BCUT2D eigenvalue weighted by atomic mass is 16.5. The van der Waals surface area contributed by atoms with Crippen LogP contribution < -0.4 is 4.74 Å². The van der Waals surface area contributed by atoms with Crippen LogP contribution in [0.5, 0.6) is 5.75 Å². The Hall–Kier alpha value is -2.63. The van der Waals surface area contributed by atoms with Crippen molar-refractivity contribution in [1.82, 2.24) is 10.1 Å². The van der Waals surface area contributed by atoms with Crippen molar-refractivity contribution in [3.63, 3.8) is 0 Å². The second-order valence-electron chi connectivity index (χ2n) is 9.44. The van der Waals surface area contributed by atoms with E-state index in [1.165, 1.54) is 23.1 Å². The lowest BCUT2D eigenvalue weighted by molar-refractivity contribution is 0.0764. The molecule has 0 N–H and O–H groups in total. The summed E-state index contributed by atoms with van der Waals surface area (Å²) < 4.78 is 17.5. The number of nitrogens with zero attached hydrogens (tertiary/aromatic N) is 2. The standard InChI is InChI=1S/C28H36N2O3/c1-20(2)10-11-30-12-13-31-14-15-32-27-9-8-25(28-21(3)29-33-22(28)4)18-26(27)17-23-6-5-7-24(16-23)19-30/h5-9,16,18,20H,10-15,17,19H2,1-4H3. The summed E-state index contributed by atoms with van der Waals surface area (Å²) in [5.74, 6) is 2.45. The molecule has 0 amide bonds. The van der Waals surface area contributed by atoms with Crippen LogP contribution in [0.3, 0.4) is 0 Å². The molecule has 1 aromatic heterocycles. The van der Waals surface area contributed by atoms with Crippen molar-refractivity contribution in [1.29, 1.82) is 0 Å². The van der Waals surface area contributed by atoms with Crippen molar-refractivity contribution in [2.45, 2.75) is 47.1 Å². The quantitative estimate of drug-likeness (QED) is 0.504. The van der Waals surface area contributed by atoms with Crippen LogP contribution >= 0.6 is 0 Å². The van der Waals surface area contributed by atoms with E-state index in [9.17, 15) is 0 Å². The Morgan fingerprint density at radius 3 is 2.64 bits per heavy atom. The molecule has 0 spiro atoms. The molecule has 0 fully saturated rings. The first kappa shape index (κ1) is 23.5. The summed E-state index contributed by atoms with van der Waals surface area (Å²) in [6.07, 6.45) is 2.01. The lowest BCUT2D eigenvalue weighted by Gasteiger charge is -2.24. The van der Waals surface area contributed by atoms with E-state index in [-0.39, 0.29) is 0 Å². The maximum atomic E-state index is 6.17. The third-order valence-electron chi connectivity index (χ3n) is 6.23. The Morgan fingerprint density at radius 1 is 1.00 bits per heavy atom. The maximum Gasteiger partial charge on any atom is 0.141 e.